The Morgan fingerprint density at radius 3 is 2.53 bits per heavy atom. The number of nitrogens with one attached hydrogen (secondary N) is 1. The molecule has 4 rings (SSSR count). The predicted molar refractivity (Wildman–Crippen MR) is 111 cm³/mol. The van der Waals surface area contributed by atoms with Gasteiger partial charge in [0.05, 0.1) is 10.8 Å². The second kappa shape index (κ2) is 8.53. The van der Waals surface area contributed by atoms with Crippen molar-refractivity contribution >= 4 is 27.5 Å². The minimum absolute atomic E-state index is 0.132. The molecule has 9 heteroatoms. The summed E-state index contributed by atoms with van der Waals surface area (Å²) < 4.78 is 26.8. The number of sulfonamides is 1. The molecule has 0 unspecified atom stereocenters. The molecule has 2 fully saturated rings. The molecule has 1 atom stereocenters. The van der Waals surface area contributed by atoms with E-state index in [0.717, 1.165) is 18.4 Å². The van der Waals surface area contributed by atoms with Crippen LogP contribution in [0.1, 0.15) is 24.8 Å². The number of pyridine rings is 1. The molecule has 0 spiro atoms. The van der Waals surface area contributed by atoms with E-state index in [4.69, 9.17) is 0 Å². The lowest BCUT2D eigenvalue weighted by molar-refractivity contribution is -0.126. The highest BCUT2D eigenvalue weighted by Crippen LogP contribution is 2.28. The molecule has 30 heavy (non-hydrogen) atoms. The Morgan fingerprint density at radius 1 is 1.13 bits per heavy atom. The standard InChI is InChI=1S/C21H24N4O4S/c26-20-12-17(21(27)23-14-16-4-3-9-22-13-16)15-25(20)18-5-7-19(8-6-18)30(28,29)24-10-1-2-11-24/h3-9,13,17H,1-2,10-12,14-15H2,(H,23,27)/t17-/m0/s1. The smallest absolute Gasteiger partial charge is 0.243 e. The summed E-state index contributed by atoms with van der Waals surface area (Å²) in [5, 5.41) is 2.85. The number of rotatable bonds is 6. The van der Waals surface area contributed by atoms with Crippen LogP contribution < -0.4 is 10.2 Å². The van der Waals surface area contributed by atoms with E-state index in [0.29, 0.717) is 25.3 Å². The minimum atomic E-state index is -3.49. The van der Waals surface area contributed by atoms with E-state index in [1.54, 1.807) is 35.5 Å². The summed E-state index contributed by atoms with van der Waals surface area (Å²) in [5.74, 6) is -0.767. The predicted octanol–water partition coefficient (Wildman–Crippen LogP) is 1.54. The molecule has 2 aliphatic rings. The van der Waals surface area contributed by atoms with Gasteiger partial charge in [0.15, 0.2) is 0 Å². The fourth-order valence-electron chi connectivity index (χ4n) is 3.84. The van der Waals surface area contributed by atoms with Gasteiger partial charge in [-0.15, -0.1) is 0 Å². The van der Waals surface area contributed by atoms with Crippen LogP contribution in [-0.2, 0) is 26.2 Å². The lowest BCUT2D eigenvalue weighted by Crippen LogP contribution is -2.32. The molecule has 2 saturated heterocycles. The Kier molecular flexibility index (Phi) is 5.83. The molecule has 0 bridgehead atoms. The third-order valence-corrected chi connectivity index (χ3v) is 7.45. The van der Waals surface area contributed by atoms with Crippen LogP contribution in [0, 0.1) is 5.92 Å². The van der Waals surface area contributed by atoms with Gasteiger partial charge in [0.2, 0.25) is 21.8 Å². The van der Waals surface area contributed by atoms with Gasteiger partial charge in [-0.3, -0.25) is 14.6 Å². The van der Waals surface area contributed by atoms with Crippen molar-refractivity contribution in [1.82, 2.24) is 14.6 Å². The van der Waals surface area contributed by atoms with Crippen LogP contribution in [-0.4, -0.2) is 49.2 Å². The number of hydrogen-bond acceptors (Lipinski definition) is 5. The molecule has 0 aliphatic carbocycles. The number of aromatic nitrogens is 1. The summed E-state index contributed by atoms with van der Waals surface area (Å²) in [6.07, 6.45) is 5.24. The van der Waals surface area contributed by atoms with E-state index < -0.39 is 15.9 Å². The number of anilines is 1. The average Bonchev–Trinajstić information content (AvgIpc) is 3.43. The van der Waals surface area contributed by atoms with Crippen molar-refractivity contribution in [2.75, 3.05) is 24.5 Å². The van der Waals surface area contributed by atoms with Gasteiger partial charge in [0.25, 0.3) is 0 Å². The number of carbonyl (C=O) groups excluding carboxylic acids is 2. The molecule has 0 radical (unpaired) electrons. The van der Waals surface area contributed by atoms with Crippen molar-refractivity contribution in [3.8, 4) is 0 Å². The summed E-state index contributed by atoms with van der Waals surface area (Å²) in [7, 11) is -3.49. The highest BCUT2D eigenvalue weighted by atomic mass is 32.2. The van der Waals surface area contributed by atoms with E-state index >= 15 is 0 Å². The first-order valence-electron chi connectivity index (χ1n) is 10.0. The van der Waals surface area contributed by atoms with Gasteiger partial charge >= 0.3 is 0 Å². The summed E-state index contributed by atoms with van der Waals surface area (Å²) in [5.41, 5.74) is 1.49. The molecule has 8 nitrogen and oxygen atoms in total. The normalized spacial score (nSPS) is 19.9. The minimum Gasteiger partial charge on any atom is -0.352 e. The molecule has 1 aromatic carbocycles. The Balaban J connectivity index is 1.39. The quantitative estimate of drug-likeness (QED) is 0.752. The van der Waals surface area contributed by atoms with Gasteiger partial charge in [-0.2, -0.15) is 4.31 Å². The molecule has 2 aliphatic heterocycles. The van der Waals surface area contributed by atoms with Gasteiger partial charge in [-0.05, 0) is 48.7 Å². The van der Waals surface area contributed by atoms with Crippen molar-refractivity contribution < 1.29 is 18.0 Å². The third kappa shape index (κ3) is 4.22. The van der Waals surface area contributed by atoms with Crippen LogP contribution in [0.5, 0.6) is 0 Å². The molecule has 1 aromatic heterocycles. The van der Waals surface area contributed by atoms with E-state index in [2.05, 4.69) is 10.3 Å². The molecular weight excluding hydrogens is 404 g/mol. The average molecular weight is 429 g/mol. The molecule has 0 saturated carbocycles. The number of hydrogen-bond donors (Lipinski definition) is 1. The lowest BCUT2D eigenvalue weighted by atomic mass is 10.1. The topological polar surface area (TPSA) is 99.7 Å². The van der Waals surface area contributed by atoms with Crippen LogP contribution in [0.4, 0.5) is 5.69 Å². The van der Waals surface area contributed by atoms with Crippen molar-refractivity contribution in [2.24, 2.45) is 5.92 Å². The van der Waals surface area contributed by atoms with E-state index in [9.17, 15) is 18.0 Å². The van der Waals surface area contributed by atoms with Gasteiger partial charge in [-0.1, -0.05) is 6.07 Å². The lowest BCUT2D eigenvalue weighted by Gasteiger charge is -2.19. The first-order valence-corrected chi connectivity index (χ1v) is 11.5. The Bertz CT molecular complexity index is 1020. The van der Waals surface area contributed by atoms with Crippen LogP contribution >= 0.6 is 0 Å². The largest absolute Gasteiger partial charge is 0.352 e. The monoisotopic (exact) mass is 428 g/mol. The van der Waals surface area contributed by atoms with Gasteiger partial charge < -0.3 is 10.2 Å². The zero-order valence-electron chi connectivity index (χ0n) is 16.5. The fraction of sp³-hybridized carbons (Fsp3) is 0.381. The summed E-state index contributed by atoms with van der Waals surface area (Å²) in [6, 6.07) is 10.0. The molecule has 2 amide bonds. The number of benzene rings is 1. The molecule has 158 valence electrons. The van der Waals surface area contributed by atoms with Crippen molar-refractivity contribution in [1.29, 1.82) is 0 Å². The number of amides is 2. The maximum absolute atomic E-state index is 12.6. The second-order valence-corrected chi connectivity index (χ2v) is 9.53. The molecule has 3 heterocycles. The van der Waals surface area contributed by atoms with E-state index in [1.807, 2.05) is 6.07 Å². The molecule has 2 aromatic rings. The summed E-state index contributed by atoms with van der Waals surface area (Å²) >= 11 is 0. The summed E-state index contributed by atoms with van der Waals surface area (Å²) in [4.78, 5) is 30.7. The van der Waals surface area contributed by atoms with E-state index in [-0.39, 0.29) is 29.7 Å². The zero-order chi connectivity index (χ0) is 21.1. The number of carbonyl (C=O) groups is 2. The van der Waals surface area contributed by atoms with Crippen LogP contribution in [0.25, 0.3) is 0 Å². The van der Waals surface area contributed by atoms with Gasteiger partial charge in [0, 0.05) is 50.7 Å². The van der Waals surface area contributed by atoms with Crippen LogP contribution in [0.3, 0.4) is 0 Å². The Morgan fingerprint density at radius 2 is 1.87 bits per heavy atom. The second-order valence-electron chi connectivity index (χ2n) is 7.59. The first kappa shape index (κ1) is 20.5. The number of nitrogens with zero attached hydrogens (tertiary/aromatic N) is 3. The van der Waals surface area contributed by atoms with Crippen molar-refractivity contribution in [3.05, 3.63) is 54.4 Å². The fourth-order valence-corrected chi connectivity index (χ4v) is 5.36. The highest BCUT2D eigenvalue weighted by Gasteiger charge is 2.35. The SMILES string of the molecule is O=C(NCc1cccnc1)[C@H]1CC(=O)N(c2ccc(S(=O)(=O)N3CCCC3)cc2)C1. The van der Waals surface area contributed by atoms with Crippen LogP contribution in [0.15, 0.2) is 53.7 Å². The first-order chi connectivity index (χ1) is 14.4. The Hall–Kier alpha value is -2.78. The zero-order valence-corrected chi connectivity index (χ0v) is 17.3. The van der Waals surface area contributed by atoms with Crippen molar-refractivity contribution in [3.63, 3.8) is 0 Å². The summed E-state index contributed by atoms with van der Waals surface area (Å²) in [6.45, 7) is 1.73. The molecular formula is C21H24N4O4S. The van der Waals surface area contributed by atoms with Crippen molar-refractivity contribution in [2.45, 2.75) is 30.7 Å². The van der Waals surface area contributed by atoms with Gasteiger partial charge in [0.1, 0.15) is 0 Å². The maximum atomic E-state index is 12.6. The van der Waals surface area contributed by atoms with Crippen LogP contribution in [0.2, 0.25) is 0 Å². The maximum Gasteiger partial charge on any atom is 0.243 e. The Labute approximate surface area is 175 Å². The molecule has 1 N–H and O–H groups in total. The van der Waals surface area contributed by atoms with E-state index in [1.165, 1.54) is 16.4 Å². The van der Waals surface area contributed by atoms with Gasteiger partial charge in [-0.25, -0.2) is 8.42 Å². The third-order valence-electron chi connectivity index (χ3n) is 5.54. The highest BCUT2D eigenvalue weighted by molar-refractivity contribution is 7.89.